The summed E-state index contributed by atoms with van der Waals surface area (Å²) in [7, 11) is 3.55. The lowest BCUT2D eigenvalue weighted by molar-refractivity contribution is 0.000785. The van der Waals surface area contributed by atoms with Gasteiger partial charge in [-0.15, -0.1) is 0 Å². The maximum Gasteiger partial charge on any atom is 0.253 e. The van der Waals surface area contributed by atoms with Gasteiger partial charge in [0.2, 0.25) is 0 Å². The van der Waals surface area contributed by atoms with Crippen LogP contribution >= 0.6 is 0 Å². The van der Waals surface area contributed by atoms with Crippen molar-refractivity contribution in [3.8, 4) is 0 Å². The van der Waals surface area contributed by atoms with Crippen molar-refractivity contribution >= 4 is 5.91 Å². The molecule has 1 saturated heterocycles. The fraction of sp³-hybridized carbons (Fsp3) is 0.611. The lowest BCUT2D eigenvalue weighted by atomic mass is 10.1. The Morgan fingerprint density at radius 1 is 1.35 bits per heavy atom. The van der Waals surface area contributed by atoms with Crippen LogP contribution in [0.1, 0.15) is 35.2 Å². The summed E-state index contributed by atoms with van der Waals surface area (Å²) in [4.78, 5) is 16.0. The molecule has 1 aromatic rings. The molecule has 1 N–H and O–H groups in total. The van der Waals surface area contributed by atoms with Gasteiger partial charge in [0.15, 0.2) is 0 Å². The standard InChI is InChI=1S/C18H28N2O3/c1-19(2)18(22)16-6-3-5-15(13-16)14-20-9-7-17(8-10-20)23-12-4-11-21/h3,5-6,13,17,21H,4,7-12,14H2,1-2H3. The van der Waals surface area contributed by atoms with Gasteiger partial charge in [0.25, 0.3) is 5.91 Å². The fourth-order valence-corrected chi connectivity index (χ4v) is 2.87. The van der Waals surface area contributed by atoms with Gasteiger partial charge in [-0.3, -0.25) is 9.69 Å². The number of amides is 1. The Hall–Kier alpha value is -1.43. The highest BCUT2D eigenvalue weighted by atomic mass is 16.5. The molecular formula is C18H28N2O3. The summed E-state index contributed by atoms with van der Waals surface area (Å²) in [6.07, 6.45) is 3.09. The van der Waals surface area contributed by atoms with Crippen molar-refractivity contribution in [3.05, 3.63) is 35.4 Å². The van der Waals surface area contributed by atoms with Crippen molar-refractivity contribution in [2.75, 3.05) is 40.4 Å². The van der Waals surface area contributed by atoms with E-state index in [2.05, 4.69) is 11.0 Å². The Balaban J connectivity index is 1.82. The normalized spacial score (nSPS) is 16.5. The largest absolute Gasteiger partial charge is 0.396 e. The van der Waals surface area contributed by atoms with Crippen LogP contribution in [-0.2, 0) is 11.3 Å². The number of benzene rings is 1. The maximum atomic E-state index is 12.0. The molecule has 0 aliphatic carbocycles. The van der Waals surface area contributed by atoms with E-state index in [1.807, 2.05) is 18.2 Å². The molecule has 0 unspecified atom stereocenters. The Morgan fingerprint density at radius 2 is 2.09 bits per heavy atom. The lowest BCUT2D eigenvalue weighted by Crippen LogP contribution is -2.36. The summed E-state index contributed by atoms with van der Waals surface area (Å²) < 4.78 is 5.76. The molecule has 5 heteroatoms. The first kappa shape index (κ1) is 17.9. The highest BCUT2D eigenvalue weighted by Gasteiger charge is 2.19. The van der Waals surface area contributed by atoms with Crippen molar-refractivity contribution in [2.45, 2.75) is 31.9 Å². The molecule has 1 aliphatic rings. The van der Waals surface area contributed by atoms with E-state index in [1.165, 1.54) is 5.56 Å². The molecule has 1 fully saturated rings. The number of carbonyl (C=O) groups excluding carboxylic acids is 1. The van der Waals surface area contributed by atoms with Crippen LogP contribution in [0.25, 0.3) is 0 Å². The van der Waals surface area contributed by atoms with E-state index in [0.717, 1.165) is 38.0 Å². The van der Waals surface area contributed by atoms with Gasteiger partial charge in [-0.25, -0.2) is 0 Å². The Labute approximate surface area is 138 Å². The number of aliphatic hydroxyl groups excluding tert-OH is 1. The summed E-state index contributed by atoms with van der Waals surface area (Å²) in [5.41, 5.74) is 1.92. The van der Waals surface area contributed by atoms with Crippen LogP contribution in [0.3, 0.4) is 0 Å². The average molecular weight is 320 g/mol. The van der Waals surface area contributed by atoms with Gasteiger partial charge in [0.05, 0.1) is 6.10 Å². The quantitative estimate of drug-likeness (QED) is 0.778. The molecule has 5 nitrogen and oxygen atoms in total. The zero-order chi connectivity index (χ0) is 16.7. The molecule has 2 rings (SSSR count). The molecule has 128 valence electrons. The fourth-order valence-electron chi connectivity index (χ4n) is 2.87. The molecule has 0 bridgehead atoms. The van der Waals surface area contributed by atoms with Crippen molar-refractivity contribution in [3.63, 3.8) is 0 Å². The van der Waals surface area contributed by atoms with Crippen LogP contribution in [0.4, 0.5) is 0 Å². The number of piperidine rings is 1. The zero-order valence-corrected chi connectivity index (χ0v) is 14.2. The zero-order valence-electron chi connectivity index (χ0n) is 14.2. The van der Waals surface area contributed by atoms with E-state index < -0.39 is 0 Å². The third-order valence-electron chi connectivity index (χ3n) is 4.18. The summed E-state index contributed by atoms with van der Waals surface area (Å²) in [5, 5.41) is 8.78. The number of hydrogen-bond acceptors (Lipinski definition) is 4. The molecule has 23 heavy (non-hydrogen) atoms. The molecule has 0 aromatic heterocycles. The predicted molar refractivity (Wildman–Crippen MR) is 90.4 cm³/mol. The monoisotopic (exact) mass is 320 g/mol. The van der Waals surface area contributed by atoms with Gasteiger partial charge in [-0.1, -0.05) is 12.1 Å². The van der Waals surface area contributed by atoms with E-state index in [9.17, 15) is 4.79 Å². The molecule has 0 spiro atoms. The number of ether oxygens (including phenoxy) is 1. The van der Waals surface area contributed by atoms with Crippen molar-refractivity contribution in [1.82, 2.24) is 9.80 Å². The first-order valence-electron chi connectivity index (χ1n) is 8.35. The van der Waals surface area contributed by atoms with Crippen molar-refractivity contribution in [1.29, 1.82) is 0 Å². The number of likely N-dealkylation sites (tertiary alicyclic amines) is 1. The van der Waals surface area contributed by atoms with Crippen LogP contribution in [0.5, 0.6) is 0 Å². The third-order valence-corrected chi connectivity index (χ3v) is 4.18. The topological polar surface area (TPSA) is 53.0 Å². The van der Waals surface area contributed by atoms with Crippen LogP contribution in [0, 0.1) is 0 Å². The van der Waals surface area contributed by atoms with Crippen LogP contribution in [-0.4, -0.2) is 67.3 Å². The number of nitrogens with zero attached hydrogens (tertiary/aromatic N) is 2. The van der Waals surface area contributed by atoms with Gasteiger partial charge in [0.1, 0.15) is 0 Å². The van der Waals surface area contributed by atoms with E-state index >= 15 is 0 Å². The van der Waals surface area contributed by atoms with Gasteiger partial charge < -0.3 is 14.7 Å². The highest BCUT2D eigenvalue weighted by Crippen LogP contribution is 2.17. The average Bonchev–Trinajstić information content (AvgIpc) is 2.56. The van der Waals surface area contributed by atoms with Crippen LogP contribution < -0.4 is 0 Å². The van der Waals surface area contributed by atoms with E-state index in [4.69, 9.17) is 9.84 Å². The maximum absolute atomic E-state index is 12.0. The summed E-state index contributed by atoms with van der Waals surface area (Å²) in [6.45, 7) is 3.74. The minimum atomic E-state index is 0.0443. The molecule has 0 saturated carbocycles. The second-order valence-corrected chi connectivity index (χ2v) is 6.32. The molecule has 0 atom stereocenters. The van der Waals surface area contributed by atoms with Gasteiger partial charge in [-0.05, 0) is 37.0 Å². The molecule has 1 aliphatic heterocycles. The van der Waals surface area contributed by atoms with Crippen LogP contribution in [0.2, 0.25) is 0 Å². The Kier molecular flexibility index (Phi) is 7.02. The lowest BCUT2D eigenvalue weighted by Gasteiger charge is -2.32. The van der Waals surface area contributed by atoms with Crippen molar-refractivity contribution in [2.24, 2.45) is 0 Å². The first-order chi connectivity index (χ1) is 11.1. The first-order valence-corrected chi connectivity index (χ1v) is 8.35. The van der Waals surface area contributed by atoms with Gasteiger partial charge in [0, 0.05) is 52.5 Å². The summed E-state index contributed by atoms with van der Waals surface area (Å²) in [5.74, 6) is 0.0443. The summed E-state index contributed by atoms with van der Waals surface area (Å²) in [6, 6.07) is 7.90. The molecular weight excluding hydrogens is 292 g/mol. The SMILES string of the molecule is CN(C)C(=O)c1cccc(CN2CCC(OCCCO)CC2)c1. The minimum Gasteiger partial charge on any atom is -0.396 e. The van der Waals surface area contributed by atoms with Crippen LogP contribution in [0.15, 0.2) is 24.3 Å². The smallest absolute Gasteiger partial charge is 0.253 e. The van der Waals surface area contributed by atoms with Gasteiger partial charge >= 0.3 is 0 Å². The van der Waals surface area contributed by atoms with E-state index in [0.29, 0.717) is 19.1 Å². The highest BCUT2D eigenvalue weighted by molar-refractivity contribution is 5.94. The van der Waals surface area contributed by atoms with Crippen molar-refractivity contribution < 1.29 is 14.6 Å². The number of aliphatic hydroxyl groups is 1. The van der Waals surface area contributed by atoms with Gasteiger partial charge in [-0.2, -0.15) is 0 Å². The Bertz CT molecular complexity index is 497. The van der Waals surface area contributed by atoms with E-state index in [-0.39, 0.29) is 12.5 Å². The molecule has 1 heterocycles. The molecule has 1 amide bonds. The number of rotatable bonds is 7. The van der Waals surface area contributed by atoms with E-state index in [1.54, 1.807) is 19.0 Å². The Morgan fingerprint density at radius 3 is 2.74 bits per heavy atom. The molecule has 0 radical (unpaired) electrons. The summed E-state index contributed by atoms with van der Waals surface area (Å²) >= 11 is 0. The number of carbonyl (C=O) groups is 1. The molecule has 1 aromatic carbocycles. The third kappa shape index (κ3) is 5.61. The predicted octanol–water partition coefficient (Wildman–Crippen LogP) is 1.75. The second-order valence-electron chi connectivity index (χ2n) is 6.32. The number of hydrogen-bond donors (Lipinski definition) is 1. The minimum absolute atomic E-state index is 0.0443. The second kappa shape index (κ2) is 9.01.